The number of aromatic nitrogens is 4. The number of tetrazole rings is 1. The minimum absolute atomic E-state index is 0.187. The third-order valence-electron chi connectivity index (χ3n) is 3.79. The van der Waals surface area contributed by atoms with Crippen molar-refractivity contribution in [2.45, 2.75) is 52.1 Å². The molecule has 1 heterocycles. The van der Waals surface area contributed by atoms with Gasteiger partial charge in [0.1, 0.15) is 0 Å². The third kappa shape index (κ3) is 4.36. The summed E-state index contributed by atoms with van der Waals surface area (Å²) in [6.45, 7) is 8.34. The van der Waals surface area contributed by atoms with Gasteiger partial charge in [-0.1, -0.05) is 44.2 Å². The summed E-state index contributed by atoms with van der Waals surface area (Å²) in [5, 5.41) is 15.5. The second-order valence-electron chi connectivity index (χ2n) is 5.54. The number of rotatable bonds is 8. The highest BCUT2D eigenvalue weighted by atomic mass is 15.5. The molecule has 5 nitrogen and oxygen atoms in total. The second-order valence-corrected chi connectivity index (χ2v) is 5.54. The van der Waals surface area contributed by atoms with Crippen LogP contribution in [0.15, 0.2) is 30.3 Å². The number of aryl methyl sites for hydroxylation is 1. The van der Waals surface area contributed by atoms with Gasteiger partial charge in [0.05, 0.1) is 6.04 Å². The van der Waals surface area contributed by atoms with E-state index < -0.39 is 0 Å². The minimum Gasteiger partial charge on any atom is -0.307 e. The number of nitrogens with one attached hydrogen (secondary N) is 1. The normalized spacial score (nSPS) is 14.0. The molecule has 114 valence electrons. The highest BCUT2D eigenvalue weighted by molar-refractivity contribution is 5.18. The van der Waals surface area contributed by atoms with Crippen LogP contribution in [-0.4, -0.2) is 26.8 Å². The topological polar surface area (TPSA) is 55.6 Å². The maximum atomic E-state index is 4.16. The average Bonchev–Trinajstić information content (AvgIpc) is 2.99. The van der Waals surface area contributed by atoms with Crippen molar-refractivity contribution in [1.82, 2.24) is 25.5 Å². The maximum Gasteiger partial charge on any atom is 0.167 e. The zero-order valence-electron chi connectivity index (χ0n) is 13.2. The summed E-state index contributed by atoms with van der Waals surface area (Å²) in [5.41, 5.74) is 1.37. The molecule has 2 rings (SSSR count). The SMILES string of the molecule is CCCNC(C)c1nnnn1CCC(C)c1ccccc1. The van der Waals surface area contributed by atoms with Crippen molar-refractivity contribution in [3.8, 4) is 0 Å². The molecule has 0 amide bonds. The monoisotopic (exact) mass is 287 g/mol. The van der Waals surface area contributed by atoms with Crippen molar-refractivity contribution < 1.29 is 0 Å². The van der Waals surface area contributed by atoms with Gasteiger partial charge in [-0.05, 0) is 48.2 Å². The van der Waals surface area contributed by atoms with Crippen molar-refractivity contribution in [3.05, 3.63) is 41.7 Å². The van der Waals surface area contributed by atoms with Crippen molar-refractivity contribution in [3.63, 3.8) is 0 Å². The van der Waals surface area contributed by atoms with Gasteiger partial charge < -0.3 is 5.32 Å². The molecular formula is C16H25N5. The van der Waals surface area contributed by atoms with E-state index in [2.05, 4.69) is 71.9 Å². The molecule has 2 atom stereocenters. The molecule has 21 heavy (non-hydrogen) atoms. The van der Waals surface area contributed by atoms with Crippen LogP contribution in [-0.2, 0) is 6.54 Å². The van der Waals surface area contributed by atoms with Crippen LogP contribution in [0.25, 0.3) is 0 Å². The van der Waals surface area contributed by atoms with Crippen molar-refractivity contribution in [2.75, 3.05) is 6.54 Å². The van der Waals surface area contributed by atoms with E-state index in [9.17, 15) is 0 Å². The molecule has 5 heteroatoms. The first-order valence-corrected chi connectivity index (χ1v) is 7.76. The lowest BCUT2D eigenvalue weighted by molar-refractivity contribution is 0.461. The number of hydrogen-bond acceptors (Lipinski definition) is 4. The van der Waals surface area contributed by atoms with Gasteiger partial charge in [0.15, 0.2) is 5.82 Å². The predicted molar refractivity (Wildman–Crippen MR) is 84.0 cm³/mol. The first-order chi connectivity index (χ1) is 10.2. The molecule has 0 bridgehead atoms. The molecule has 0 aliphatic heterocycles. The van der Waals surface area contributed by atoms with Gasteiger partial charge in [-0.15, -0.1) is 5.10 Å². The molecule has 0 aliphatic rings. The molecule has 0 aliphatic carbocycles. The van der Waals surface area contributed by atoms with E-state index in [-0.39, 0.29) is 6.04 Å². The molecule has 0 saturated heterocycles. The fraction of sp³-hybridized carbons (Fsp3) is 0.562. The molecule has 0 fully saturated rings. The van der Waals surface area contributed by atoms with E-state index in [0.717, 1.165) is 31.8 Å². The predicted octanol–water partition coefficient (Wildman–Crippen LogP) is 2.93. The fourth-order valence-corrected chi connectivity index (χ4v) is 2.40. The Hall–Kier alpha value is -1.75. The molecule has 1 aromatic heterocycles. The smallest absolute Gasteiger partial charge is 0.167 e. The Morgan fingerprint density at radius 3 is 2.67 bits per heavy atom. The zero-order valence-corrected chi connectivity index (χ0v) is 13.2. The van der Waals surface area contributed by atoms with Crippen molar-refractivity contribution in [1.29, 1.82) is 0 Å². The first kappa shape index (κ1) is 15.6. The van der Waals surface area contributed by atoms with Crippen LogP contribution >= 0.6 is 0 Å². The van der Waals surface area contributed by atoms with Crippen LogP contribution in [0.4, 0.5) is 0 Å². The molecule has 0 radical (unpaired) electrons. The Morgan fingerprint density at radius 1 is 1.19 bits per heavy atom. The van der Waals surface area contributed by atoms with Gasteiger partial charge in [0.2, 0.25) is 0 Å². The molecule has 1 N–H and O–H groups in total. The van der Waals surface area contributed by atoms with E-state index in [0.29, 0.717) is 5.92 Å². The highest BCUT2D eigenvalue weighted by Gasteiger charge is 2.14. The Morgan fingerprint density at radius 2 is 1.95 bits per heavy atom. The Kier molecular flexibility index (Phi) is 5.87. The summed E-state index contributed by atoms with van der Waals surface area (Å²) in [7, 11) is 0. The summed E-state index contributed by atoms with van der Waals surface area (Å²) in [4.78, 5) is 0. The number of nitrogens with zero attached hydrogens (tertiary/aromatic N) is 4. The number of hydrogen-bond donors (Lipinski definition) is 1. The van der Waals surface area contributed by atoms with Crippen LogP contribution in [0.1, 0.15) is 57.0 Å². The first-order valence-electron chi connectivity index (χ1n) is 7.76. The Labute approximate surface area is 126 Å². The fourth-order valence-electron chi connectivity index (χ4n) is 2.40. The lowest BCUT2D eigenvalue weighted by Crippen LogP contribution is -2.23. The van der Waals surface area contributed by atoms with Crippen molar-refractivity contribution in [2.24, 2.45) is 0 Å². The number of benzene rings is 1. The molecule has 1 aromatic carbocycles. The van der Waals surface area contributed by atoms with Gasteiger partial charge >= 0.3 is 0 Å². The van der Waals surface area contributed by atoms with Crippen LogP contribution in [0.5, 0.6) is 0 Å². The van der Waals surface area contributed by atoms with E-state index >= 15 is 0 Å². The molecule has 0 saturated carbocycles. The van der Waals surface area contributed by atoms with Crippen LogP contribution in [0.3, 0.4) is 0 Å². The second kappa shape index (κ2) is 7.88. The lowest BCUT2D eigenvalue weighted by atomic mass is 9.98. The van der Waals surface area contributed by atoms with Gasteiger partial charge in [-0.25, -0.2) is 4.68 Å². The summed E-state index contributed by atoms with van der Waals surface area (Å²) in [6.07, 6.45) is 2.14. The Bertz CT molecular complexity index is 522. The van der Waals surface area contributed by atoms with Crippen LogP contribution < -0.4 is 5.32 Å². The van der Waals surface area contributed by atoms with Crippen LogP contribution in [0.2, 0.25) is 0 Å². The molecule has 0 spiro atoms. The summed E-state index contributed by atoms with van der Waals surface area (Å²) in [6, 6.07) is 10.8. The van der Waals surface area contributed by atoms with Gasteiger partial charge in [0, 0.05) is 6.54 Å². The van der Waals surface area contributed by atoms with E-state index in [4.69, 9.17) is 0 Å². The zero-order chi connectivity index (χ0) is 15.1. The minimum atomic E-state index is 0.187. The Balaban J connectivity index is 1.93. The summed E-state index contributed by atoms with van der Waals surface area (Å²) >= 11 is 0. The molecular weight excluding hydrogens is 262 g/mol. The average molecular weight is 287 g/mol. The largest absolute Gasteiger partial charge is 0.307 e. The highest BCUT2D eigenvalue weighted by Crippen LogP contribution is 2.19. The maximum absolute atomic E-state index is 4.16. The van der Waals surface area contributed by atoms with Crippen LogP contribution in [0, 0.1) is 0 Å². The lowest BCUT2D eigenvalue weighted by Gasteiger charge is -2.15. The quantitative estimate of drug-likeness (QED) is 0.811. The van der Waals surface area contributed by atoms with Gasteiger partial charge in [0.25, 0.3) is 0 Å². The molecule has 2 aromatic rings. The molecule has 2 unspecified atom stereocenters. The van der Waals surface area contributed by atoms with E-state index in [1.165, 1.54) is 5.56 Å². The van der Waals surface area contributed by atoms with E-state index in [1.54, 1.807) is 0 Å². The van der Waals surface area contributed by atoms with Gasteiger partial charge in [-0.2, -0.15) is 0 Å². The summed E-state index contributed by atoms with van der Waals surface area (Å²) < 4.78 is 1.92. The van der Waals surface area contributed by atoms with Gasteiger partial charge in [-0.3, -0.25) is 0 Å². The standard InChI is InChI=1S/C16H25N5/c1-4-11-17-14(3)16-18-19-20-21(16)12-10-13(2)15-8-6-5-7-9-15/h5-9,13-14,17H,4,10-12H2,1-3H3. The van der Waals surface area contributed by atoms with Crippen molar-refractivity contribution >= 4 is 0 Å². The third-order valence-corrected chi connectivity index (χ3v) is 3.79. The summed E-state index contributed by atoms with van der Waals surface area (Å²) in [5.74, 6) is 1.42. The van der Waals surface area contributed by atoms with E-state index in [1.807, 2.05) is 4.68 Å².